The Kier molecular flexibility index (Phi) is 13.7. The smallest absolute Gasteiger partial charge is 0.221 e. The zero-order chi connectivity index (χ0) is 11.0. The van der Waals surface area contributed by atoms with Crippen LogP contribution in [0.5, 0.6) is 0 Å². The molecule has 0 aliphatic carbocycles. The van der Waals surface area contributed by atoms with Crippen molar-refractivity contribution in [1.29, 1.82) is 0 Å². The molecule has 1 rings (SSSR count). The van der Waals surface area contributed by atoms with E-state index in [0.29, 0.717) is 0 Å². The summed E-state index contributed by atoms with van der Waals surface area (Å²) in [4.78, 5) is 10.7. The van der Waals surface area contributed by atoms with Crippen LogP contribution in [0, 0.1) is 0 Å². The molecule has 90 valence electrons. The van der Waals surface area contributed by atoms with Crippen molar-refractivity contribution in [1.82, 2.24) is 12.3 Å². The summed E-state index contributed by atoms with van der Waals surface area (Å²) < 4.78 is 0. The Morgan fingerprint density at radius 1 is 1.25 bits per heavy atom. The SMILES string of the molecule is C=C.C=Cc1ccccc1NC(C)=O.N.N. The van der Waals surface area contributed by atoms with E-state index in [0.717, 1.165) is 11.3 Å². The third kappa shape index (κ3) is 6.53. The van der Waals surface area contributed by atoms with Gasteiger partial charge >= 0.3 is 0 Å². The topological polar surface area (TPSA) is 99.1 Å². The van der Waals surface area contributed by atoms with Crippen molar-refractivity contribution in [3.8, 4) is 0 Å². The molecule has 0 radical (unpaired) electrons. The molecule has 0 saturated carbocycles. The predicted molar refractivity (Wildman–Crippen MR) is 72.1 cm³/mol. The molecule has 1 aromatic carbocycles. The molecular formula is C12H21N3O. The maximum atomic E-state index is 10.7. The first kappa shape index (κ1) is 19.6. The van der Waals surface area contributed by atoms with E-state index < -0.39 is 0 Å². The zero-order valence-electron chi connectivity index (χ0n) is 9.83. The van der Waals surface area contributed by atoms with Crippen LogP contribution in [-0.4, -0.2) is 5.91 Å². The summed E-state index contributed by atoms with van der Waals surface area (Å²) in [6.45, 7) is 11.1. The zero-order valence-corrected chi connectivity index (χ0v) is 9.83. The molecule has 0 saturated heterocycles. The van der Waals surface area contributed by atoms with Crippen LogP contribution >= 0.6 is 0 Å². The van der Waals surface area contributed by atoms with E-state index in [1.54, 1.807) is 6.08 Å². The van der Waals surface area contributed by atoms with Gasteiger partial charge in [-0.2, -0.15) is 0 Å². The summed E-state index contributed by atoms with van der Waals surface area (Å²) >= 11 is 0. The second-order valence-corrected chi connectivity index (χ2v) is 2.47. The first-order valence-corrected chi connectivity index (χ1v) is 4.23. The number of carbonyl (C=O) groups is 1. The number of nitrogens with one attached hydrogen (secondary N) is 1. The molecule has 0 aliphatic heterocycles. The molecular weight excluding hydrogens is 202 g/mol. The number of rotatable bonds is 2. The minimum absolute atomic E-state index is 0. The molecule has 0 bridgehead atoms. The number of amides is 1. The highest BCUT2D eigenvalue weighted by Crippen LogP contribution is 2.15. The van der Waals surface area contributed by atoms with E-state index in [4.69, 9.17) is 0 Å². The lowest BCUT2D eigenvalue weighted by molar-refractivity contribution is -0.114. The highest BCUT2D eigenvalue weighted by molar-refractivity contribution is 5.91. The number of hydrogen-bond donors (Lipinski definition) is 3. The summed E-state index contributed by atoms with van der Waals surface area (Å²) in [5.41, 5.74) is 1.74. The van der Waals surface area contributed by atoms with Gasteiger partial charge in [0.05, 0.1) is 0 Å². The van der Waals surface area contributed by atoms with Crippen LogP contribution in [0.4, 0.5) is 5.69 Å². The minimum atomic E-state index is -0.0655. The molecule has 1 amide bonds. The second kappa shape index (κ2) is 11.2. The minimum Gasteiger partial charge on any atom is -0.344 e. The third-order valence-electron chi connectivity index (χ3n) is 1.49. The van der Waals surface area contributed by atoms with Crippen LogP contribution in [-0.2, 0) is 4.79 Å². The Hall–Kier alpha value is -1.91. The number of benzene rings is 1. The van der Waals surface area contributed by atoms with E-state index in [1.807, 2.05) is 24.3 Å². The van der Waals surface area contributed by atoms with Crippen molar-refractivity contribution in [2.24, 2.45) is 0 Å². The van der Waals surface area contributed by atoms with Gasteiger partial charge in [0.1, 0.15) is 0 Å². The Morgan fingerprint density at radius 3 is 2.19 bits per heavy atom. The van der Waals surface area contributed by atoms with Gasteiger partial charge in [-0.25, -0.2) is 0 Å². The van der Waals surface area contributed by atoms with Crippen molar-refractivity contribution in [3.63, 3.8) is 0 Å². The first-order chi connectivity index (χ1) is 6.74. The van der Waals surface area contributed by atoms with Gasteiger partial charge in [0.15, 0.2) is 0 Å². The van der Waals surface area contributed by atoms with Gasteiger partial charge in [0.25, 0.3) is 0 Å². The third-order valence-corrected chi connectivity index (χ3v) is 1.49. The van der Waals surface area contributed by atoms with Gasteiger partial charge < -0.3 is 17.6 Å². The summed E-state index contributed by atoms with van der Waals surface area (Å²) in [7, 11) is 0. The second-order valence-electron chi connectivity index (χ2n) is 2.47. The Morgan fingerprint density at radius 2 is 1.75 bits per heavy atom. The van der Waals surface area contributed by atoms with Gasteiger partial charge in [-0.3, -0.25) is 4.79 Å². The molecule has 0 unspecified atom stereocenters. The lowest BCUT2D eigenvalue weighted by atomic mass is 10.2. The standard InChI is InChI=1S/C10H11NO.C2H4.2H3N/c1-3-9-6-4-5-7-10(9)11-8(2)12;1-2;;/h3-7H,1H2,2H3,(H,11,12);1-2H2;2*1H3. The summed E-state index contributed by atoms with van der Waals surface area (Å²) in [6.07, 6.45) is 1.71. The van der Waals surface area contributed by atoms with Crippen molar-refractivity contribution in [2.45, 2.75) is 6.92 Å². The average Bonchev–Trinajstić information content (AvgIpc) is 2.21. The summed E-state index contributed by atoms with van der Waals surface area (Å²) in [6, 6.07) is 7.53. The maximum Gasteiger partial charge on any atom is 0.221 e. The lowest BCUT2D eigenvalue weighted by Crippen LogP contribution is -2.06. The van der Waals surface area contributed by atoms with Crippen molar-refractivity contribution >= 4 is 17.7 Å². The molecule has 16 heavy (non-hydrogen) atoms. The molecule has 7 N–H and O–H groups in total. The van der Waals surface area contributed by atoms with E-state index in [2.05, 4.69) is 25.1 Å². The summed E-state index contributed by atoms with van der Waals surface area (Å²) in [5, 5.41) is 2.71. The number of hydrogen-bond acceptors (Lipinski definition) is 3. The maximum absolute atomic E-state index is 10.7. The number of para-hydroxylation sites is 1. The Balaban J connectivity index is -0.000000399. The van der Waals surface area contributed by atoms with Crippen LogP contribution in [0.3, 0.4) is 0 Å². The molecule has 0 atom stereocenters. The Bertz CT molecular complexity index is 324. The van der Waals surface area contributed by atoms with Crippen molar-refractivity contribution < 1.29 is 4.79 Å². The monoisotopic (exact) mass is 223 g/mol. The highest BCUT2D eigenvalue weighted by Gasteiger charge is 1.97. The van der Waals surface area contributed by atoms with Gasteiger partial charge in [-0.1, -0.05) is 30.9 Å². The van der Waals surface area contributed by atoms with Crippen LogP contribution < -0.4 is 17.6 Å². The lowest BCUT2D eigenvalue weighted by Gasteiger charge is -2.04. The van der Waals surface area contributed by atoms with E-state index >= 15 is 0 Å². The van der Waals surface area contributed by atoms with Gasteiger partial charge in [0.2, 0.25) is 5.91 Å². The molecule has 0 fully saturated rings. The normalized spacial score (nSPS) is 7.06. The van der Waals surface area contributed by atoms with Gasteiger partial charge in [-0.15, -0.1) is 13.2 Å². The number of anilines is 1. The highest BCUT2D eigenvalue weighted by atomic mass is 16.1. The molecule has 4 heteroatoms. The molecule has 0 aliphatic rings. The van der Waals surface area contributed by atoms with Crippen molar-refractivity contribution in [2.75, 3.05) is 5.32 Å². The number of carbonyl (C=O) groups excluding carboxylic acids is 1. The first-order valence-electron chi connectivity index (χ1n) is 4.23. The fourth-order valence-corrected chi connectivity index (χ4v) is 0.978. The van der Waals surface area contributed by atoms with E-state index in [1.165, 1.54) is 6.92 Å². The Labute approximate surface area is 97.2 Å². The molecule has 4 nitrogen and oxygen atoms in total. The average molecular weight is 223 g/mol. The molecule has 0 spiro atoms. The van der Waals surface area contributed by atoms with Crippen molar-refractivity contribution in [3.05, 3.63) is 49.6 Å². The summed E-state index contributed by atoms with van der Waals surface area (Å²) in [5.74, 6) is -0.0655. The quantitative estimate of drug-likeness (QED) is 0.670. The predicted octanol–water partition coefficient (Wildman–Crippen LogP) is 3.41. The van der Waals surface area contributed by atoms with E-state index in [9.17, 15) is 4.79 Å². The van der Waals surface area contributed by atoms with Gasteiger partial charge in [0, 0.05) is 12.6 Å². The van der Waals surface area contributed by atoms with E-state index in [-0.39, 0.29) is 18.2 Å². The van der Waals surface area contributed by atoms with Crippen LogP contribution in [0.25, 0.3) is 6.08 Å². The fraction of sp³-hybridized carbons (Fsp3) is 0.0833. The van der Waals surface area contributed by atoms with Crippen LogP contribution in [0.1, 0.15) is 12.5 Å². The van der Waals surface area contributed by atoms with Crippen LogP contribution in [0.15, 0.2) is 44.0 Å². The molecule has 0 heterocycles. The fourth-order valence-electron chi connectivity index (χ4n) is 0.978. The molecule has 1 aromatic rings. The van der Waals surface area contributed by atoms with Crippen LogP contribution in [0.2, 0.25) is 0 Å². The largest absolute Gasteiger partial charge is 0.344 e. The molecule has 0 aromatic heterocycles. The van der Waals surface area contributed by atoms with Gasteiger partial charge in [-0.05, 0) is 11.6 Å².